The lowest BCUT2D eigenvalue weighted by atomic mass is 11.7. The quantitative estimate of drug-likeness (QED) is 0.416. The Morgan fingerprint density at radius 2 is 2.00 bits per heavy atom. The molecule has 24 valence electrons. The van der Waals surface area contributed by atoms with Gasteiger partial charge in [-0.3, -0.25) is 0 Å². The Balaban J connectivity index is 2.80. The smallest absolute Gasteiger partial charge is 0.108 e. The zero-order valence-corrected chi connectivity index (χ0v) is 3.28. The zero-order chi connectivity index (χ0) is 3.58. The van der Waals surface area contributed by atoms with E-state index in [4.69, 9.17) is 9.90 Å². The fraction of sp³-hybridized carbons (Fsp3) is 0. The van der Waals surface area contributed by atoms with Gasteiger partial charge in [-0.05, 0) is 15.9 Å². The Kier molecular flexibility index (Phi) is 1.27. The van der Waals surface area contributed by atoms with E-state index in [9.17, 15) is 0 Å². The molecule has 0 aromatic heterocycles. The van der Waals surface area contributed by atoms with Gasteiger partial charge in [0.15, 0.2) is 0 Å². The van der Waals surface area contributed by atoms with E-state index < -0.39 is 4.88 Å². The lowest BCUT2D eigenvalue weighted by Crippen LogP contribution is -2.10. The van der Waals surface area contributed by atoms with Gasteiger partial charge >= 0.3 is 0 Å². The first-order valence-electron chi connectivity index (χ1n) is 0.597. The molecule has 0 atom stereocenters. The third kappa shape index (κ3) is 704. The van der Waals surface area contributed by atoms with Crippen LogP contribution < -0.4 is 5.11 Å². The minimum absolute atomic E-state index is 1.27. The summed E-state index contributed by atoms with van der Waals surface area (Å²) in [6.45, 7) is 0. The summed E-state index contributed by atoms with van der Waals surface area (Å²) in [7, 11) is 0. The maximum atomic E-state index is 8.81. The van der Waals surface area contributed by atoms with Gasteiger partial charge in [-0.15, -0.1) is 0 Å². The Morgan fingerprint density at radius 1 is 2.00 bits per heavy atom. The second-order valence-corrected chi connectivity index (χ2v) is 0.885. The van der Waals surface area contributed by atoms with Gasteiger partial charge < -0.3 is 9.90 Å². The third-order valence-electron chi connectivity index (χ3n) is 0. The van der Waals surface area contributed by atoms with Crippen molar-refractivity contribution in [3.05, 3.63) is 0 Å². The number of carbonyl (C=O) groups excluding carboxylic acids is 1. The highest BCUT2D eigenvalue weighted by Crippen LogP contribution is 1.68. The number of rotatable bonds is 0. The van der Waals surface area contributed by atoms with E-state index in [0.717, 1.165) is 0 Å². The largest absolute Gasteiger partial charge is 0.538 e. The molecule has 0 radical (unpaired) electrons. The Hall–Kier alpha value is -0.0500. The molecule has 0 aliphatic heterocycles. The number of hydrogen-bond acceptors (Lipinski definition) is 2. The van der Waals surface area contributed by atoms with Crippen LogP contribution in [0.15, 0.2) is 0 Å². The van der Waals surface area contributed by atoms with Crippen molar-refractivity contribution in [3.8, 4) is 0 Å². The van der Waals surface area contributed by atoms with E-state index in [1.807, 2.05) is 0 Å². The van der Waals surface area contributed by atoms with Gasteiger partial charge in [0.2, 0.25) is 0 Å². The molecule has 0 aromatic rings. The van der Waals surface area contributed by atoms with Crippen molar-refractivity contribution >= 4 is 20.8 Å². The number of carboxylic acid groups (broad SMARTS) is 1. The molecule has 0 fully saturated rings. The Bertz CT molecular complexity index is 29.0. The number of hydrogen-bond donors (Lipinski definition) is 0. The van der Waals surface area contributed by atoms with Crippen LogP contribution in [-0.4, -0.2) is 4.88 Å². The summed E-state index contributed by atoms with van der Waals surface area (Å²) >= 11 is 2.08. The molecule has 0 rings (SSSR count). The SMILES string of the molecule is O=C([O-])Br. The average molecular weight is 124 g/mol. The van der Waals surface area contributed by atoms with Crippen LogP contribution in [0.1, 0.15) is 0 Å². The first-order valence-corrected chi connectivity index (χ1v) is 1.39. The van der Waals surface area contributed by atoms with Gasteiger partial charge in [-0.2, -0.15) is 0 Å². The molecule has 0 aliphatic carbocycles. The fourth-order valence-electron chi connectivity index (χ4n) is 0. The van der Waals surface area contributed by atoms with Crippen LogP contribution >= 0.6 is 15.9 Å². The van der Waals surface area contributed by atoms with Gasteiger partial charge in [0.25, 0.3) is 0 Å². The zero-order valence-electron chi connectivity index (χ0n) is 1.69. The topological polar surface area (TPSA) is 40.1 Å². The first-order chi connectivity index (χ1) is 1.73. The Morgan fingerprint density at radius 3 is 2.00 bits per heavy atom. The molecule has 0 bridgehead atoms. The maximum absolute atomic E-state index is 8.81. The second kappa shape index (κ2) is 1.29. The number of halogens is 1. The van der Waals surface area contributed by atoms with Crippen molar-refractivity contribution in [2.75, 3.05) is 0 Å². The summed E-state index contributed by atoms with van der Waals surface area (Å²) < 4.78 is 0. The molecule has 0 saturated heterocycles. The van der Waals surface area contributed by atoms with Crippen molar-refractivity contribution in [2.24, 2.45) is 0 Å². The molecule has 4 heavy (non-hydrogen) atoms. The summed E-state index contributed by atoms with van der Waals surface area (Å²) in [5.74, 6) is 0. The third-order valence-corrected chi connectivity index (χ3v) is 0. The molecule has 0 aliphatic rings. The molecule has 3 heteroatoms. The van der Waals surface area contributed by atoms with E-state index in [1.165, 1.54) is 0 Å². The van der Waals surface area contributed by atoms with Gasteiger partial charge in [-0.25, -0.2) is 0 Å². The van der Waals surface area contributed by atoms with Crippen LogP contribution in [0, 0.1) is 0 Å². The van der Waals surface area contributed by atoms with Crippen LogP contribution in [0.4, 0.5) is 4.79 Å². The molecule has 0 spiro atoms. The number of carbonyl (C=O) groups is 1. The molecule has 0 N–H and O–H groups in total. The molecular formula is CBrO2-. The van der Waals surface area contributed by atoms with Crippen LogP contribution in [0.3, 0.4) is 0 Å². The van der Waals surface area contributed by atoms with Crippen molar-refractivity contribution in [1.82, 2.24) is 0 Å². The first kappa shape index (κ1) is 3.95. The standard InChI is InChI=1S/CHBrO2/c2-1(3)4/h(H,3,4)/p-1. The maximum Gasteiger partial charge on any atom is 0.108 e. The second-order valence-electron chi connectivity index (χ2n) is 0.238. The monoisotopic (exact) mass is 123 g/mol. The van der Waals surface area contributed by atoms with Crippen LogP contribution in [0.5, 0.6) is 0 Å². The highest BCUT2D eigenvalue weighted by Gasteiger charge is 1.50. The molecule has 0 aromatic carbocycles. The van der Waals surface area contributed by atoms with Crippen LogP contribution in [0.25, 0.3) is 0 Å². The normalized spacial score (nSPS) is 6.25. The minimum atomic E-state index is -1.27. The van der Waals surface area contributed by atoms with Crippen LogP contribution in [0.2, 0.25) is 0 Å². The van der Waals surface area contributed by atoms with Crippen molar-refractivity contribution in [1.29, 1.82) is 0 Å². The van der Waals surface area contributed by atoms with E-state index in [2.05, 4.69) is 15.9 Å². The average Bonchev–Trinajstić information content (AvgIpc) is 0.811. The van der Waals surface area contributed by atoms with Gasteiger partial charge in [-0.1, -0.05) is 0 Å². The van der Waals surface area contributed by atoms with Gasteiger partial charge in [0.1, 0.15) is 4.88 Å². The molecular weight excluding hydrogens is 124 g/mol. The summed E-state index contributed by atoms with van der Waals surface area (Å²) in [4.78, 5) is 7.53. The molecule has 0 heterocycles. The lowest BCUT2D eigenvalue weighted by Gasteiger charge is -1.73. The molecule has 2 nitrogen and oxygen atoms in total. The summed E-state index contributed by atoms with van der Waals surface area (Å²) in [5, 5.41) is 8.81. The predicted octanol–water partition coefficient (Wildman–Crippen LogP) is -0.275. The molecule has 0 amide bonds. The Labute approximate surface area is 31.6 Å². The van der Waals surface area contributed by atoms with Gasteiger partial charge in [0, 0.05) is 0 Å². The van der Waals surface area contributed by atoms with Crippen LogP contribution in [-0.2, 0) is 0 Å². The highest BCUT2D eigenvalue weighted by molar-refractivity contribution is 9.18. The highest BCUT2D eigenvalue weighted by atomic mass is 79.9. The molecule has 0 unspecified atom stereocenters. The summed E-state index contributed by atoms with van der Waals surface area (Å²) in [5.41, 5.74) is 0. The van der Waals surface area contributed by atoms with E-state index in [1.54, 1.807) is 0 Å². The van der Waals surface area contributed by atoms with Crippen molar-refractivity contribution < 1.29 is 9.90 Å². The van der Waals surface area contributed by atoms with E-state index >= 15 is 0 Å². The van der Waals surface area contributed by atoms with E-state index in [0.29, 0.717) is 0 Å². The predicted molar refractivity (Wildman–Crippen MR) is 14.3 cm³/mol. The van der Waals surface area contributed by atoms with Crippen molar-refractivity contribution in [3.63, 3.8) is 0 Å². The fourth-order valence-corrected chi connectivity index (χ4v) is 0. The van der Waals surface area contributed by atoms with E-state index in [-0.39, 0.29) is 0 Å². The van der Waals surface area contributed by atoms with Crippen molar-refractivity contribution in [2.45, 2.75) is 0 Å². The van der Waals surface area contributed by atoms with Gasteiger partial charge in [0.05, 0.1) is 0 Å². The summed E-state index contributed by atoms with van der Waals surface area (Å²) in [6.07, 6.45) is 0. The molecule has 0 saturated carbocycles. The lowest BCUT2D eigenvalue weighted by molar-refractivity contribution is -0.231. The minimum Gasteiger partial charge on any atom is -0.538 e. The summed E-state index contributed by atoms with van der Waals surface area (Å²) in [6, 6.07) is 0.